The zero-order chi connectivity index (χ0) is 31.3. The average molecular weight is 601 g/mol. The molecule has 0 unspecified atom stereocenters. The third-order valence-electron chi connectivity index (χ3n) is 10.5. The van der Waals surface area contributed by atoms with E-state index in [1.807, 2.05) is 0 Å². The molecule has 1 aromatic heterocycles. The van der Waals surface area contributed by atoms with Crippen LogP contribution in [0.2, 0.25) is 0 Å². The van der Waals surface area contributed by atoms with E-state index < -0.39 is 0 Å². The third-order valence-corrected chi connectivity index (χ3v) is 10.5. The van der Waals surface area contributed by atoms with Crippen molar-refractivity contribution in [3.63, 3.8) is 0 Å². The van der Waals surface area contributed by atoms with E-state index in [-0.39, 0.29) is 5.41 Å². The van der Waals surface area contributed by atoms with Gasteiger partial charge in [-0.3, -0.25) is 0 Å². The van der Waals surface area contributed by atoms with Crippen LogP contribution in [0.5, 0.6) is 0 Å². The first-order valence-corrected chi connectivity index (χ1v) is 16.5. The van der Waals surface area contributed by atoms with E-state index in [2.05, 4.69) is 181 Å². The van der Waals surface area contributed by atoms with Gasteiger partial charge < -0.3 is 0 Å². The van der Waals surface area contributed by atoms with Gasteiger partial charge in [-0.15, -0.1) is 0 Å². The largest absolute Gasteiger partial charge is 0.249 e. The topological polar surface area (TPSA) is 8.17 Å². The molecule has 0 spiro atoms. The van der Waals surface area contributed by atoms with Gasteiger partial charge in [0.2, 0.25) is 0 Å². The molecule has 0 bridgehead atoms. The summed E-state index contributed by atoms with van der Waals surface area (Å²) in [5, 5.41) is 12.6. The maximum Gasteiger partial charge on any atom is 0.0794 e. The minimum Gasteiger partial charge on any atom is -0.249 e. The fraction of sp³-hybridized carbons (Fsp3) is 0.0667. The summed E-state index contributed by atoms with van der Waals surface area (Å²) in [6.45, 7) is 4.72. The van der Waals surface area contributed by atoms with Crippen LogP contribution >= 0.6 is 0 Å². The molecule has 0 radical (unpaired) electrons. The molecule has 2 heteroatoms. The van der Waals surface area contributed by atoms with Crippen molar-refractivity contribution in [2.24, 2.45) is 0 Å². The molecule has 0 atom stereocenters. The molecule has 9 aromatic rings. The molecular weight excluding hydrogens is 569 g/mol. The smallest absolute Gasteiger partial charge is 0.0794 e. The van der Waals surface area contributed by atoms with E-state index >= 15 is 0 Å². The lowest BCUT2D eigenvalue weighted by Crippen LogP contribution is -2.25. The van der Waals surface area contributed by atoms with Crippen LogP contribution in [0, 0.1) is 0 Å². The predicted octanol–water partition coefficient (Wildman–Crippen LogP) is 12.2. The second-order valence-electron chi connectivity index (χ2n) is 13.4. The Morgan fingerprint density at radius 2 is 1.02 bits per heavy atom. The number of benzene rings is 8. The number of rotatable bonds is 3. The van der Waals surface area contributed by atoms with Crippen molar-refractivity contribution in [1.82, 2.24) is 4.68 Å². The van der Waals surface area contributed by atoms with Crippen molar-refractivity contribution in [3.8, 4) is 11.1 Å². The Morgan fingerprint density at radius 3 is 1.87 bits per heavy atom. The van der Waals surface area contributed by atoms with E-state index in [4.69, 9.17) is 0 Å². The summed E-state index contributed by atoms with van der Waals surface area (Å²) in [5.41, 5.74) is 9.97. The number of anilines is 2. The zero-order valence-corrected chi connectivity index (χ0v) is 26.4. The van der Waals surface area contributed by atoms with Crippen LogP contribution in [0.15, 0.2) is 158 Å². The zero-order valence-electron chi connectivity index (χ0n) is 26.4. The summed E-state index contributed by atoms with van der Waals surface area (Å²) >= 11 is 0. The van der Waals surface area contributed by atoms with E-state index in [1.54, 1.807) is 0 Å². The molecule has 1 aliphatic rings. The van der Waals surface area contributed by atoms with Gasteiger partial charge in [0, 0.05) is 21.6 Å². The van der Waals surface area contributed by atoms with Crippen LogP contribution in [0.4, 0.5) is 11.4 Å². The van der Waals surface area contributed by atoms with Crippen LogP contribution in [-0.2, 0) is 5.41 Å². The maximum absolute atomic E-state index is 2.46. The Kier molecular flexibility index (Phi) is 5.37. The quantitative estimate of drug-likeness (QED) is 0.183. The Labute approximate surface area is 273 Å². The van der Waals surface area contributed by atoms with Gasteiger partial charge in [-0.25, -0.2) is 9.69 Å². The number of hydrogen-bond acceptors (Lipinski definition) is 1. The summed E-state index contributed by atoms with van der Waals surface area (Å²) in [6.07, 6.45) is 0. The second-order valence-corrected chi connectivity index (χ2v) is 13.4. The van der Waals surface area contributed by atoms with Crippen LogP contribution in [0.25, 0.3) is 65.3 Å². The molecule has 222 valence electrons. The number of hydrogen-bond donors (Lipinski definition) is 0. The van der Waals surface area contributed by atoms with Crippen LogP contribution in [0.1, 0.15) is 25.0 Å². The lowest BCUT2D eigenvalue weighted by Gasteiger charge is -2.30. The van der Waals surface area contributed by atoms with Crippen LogP contribution in [0.3, 0.4) is 0 Å². The Bertz CT molecular complexity index is 2710. The SMILES string of the molecule is CC1(C)c2ccccc2-c2ccc(N(c3ccccc3)n3c4ccccc4c4ccc5c6ccc7ccccc7c6ccc5c43)cc21. The molecule has 0 N–H and O–H groups in total. The lowest BCUT2D eigenvalue weighted by molar-refractivity contribution is 0.660. The van der Waals surface area contributed by atoms with Gasteiger partial charge >= 0.3 is 0 Å². The summed E-state index contributed by atoms with van der Waals surface area (Å²) in [7, 11) is 0. The highest BCUT2D eigenvalue weighted by Crippen LogP contribution is 2.50. The third kappa shape index (κ3) is 3.61. The van der Waals surface area contributed by atoms with Crippen molar-refractivity contribution in [2.45, 2.75) is 19.3 Å². The summed E-state index contributed by atoms with van der Waals surface area (Å²) in [5.74, 6) is 0. The van der Waals surface area contributed by atoms with E-state index in [0.29, 0.717) is 0 Å². The first-order valence-electron chi connectivity index (χ1n) is 16.5. The molecule has 1 aliphatic carbocycles. The average Bonchev–Trinajstić information content (AvgIpc) is 3.57. The predicted molar refractivity (Wildman–Crippen MR) is 200 cm³/mol. The van der Waals surface area contributed by atoms with Gasteiger partial charge in [0.05, 0.1) is 22.4 Å². The normalized spacial score (nSPS) is 13.5. The van der Waals surface area contributed by atoms with Gasteiger partial charge in [-0.05, 0) is 79.5 Å². The van der Waals surface area contributed by atoms with Crippen molar-refractivity contribution >= 4 is 65.5 Å². The van der Waals surface area contributed by atoms with E-state index in [9.17, 15) is 0 Å². The van der Waals surface area contributed by atoms with Gasteiger partial charge in [-0.2, -0.15) is 0 Å². The van der Waals surface area contributed by atoms with Crippen molar-refractivity contribution in [3.05, 3.63) is 169 Å². The van der Waals surface area contributed by atoms with Gasteiger partial charge in [-0.1, -0.05) is 141 Å². The first kappa shape index (κ1) is 26.4. The fourth-order valence-corrected chi connectivity index (χ4v) is 8.32. The molecule has 0 amide bonds. The second kappa shape index (κ2) is 9.57. The first-order chi connectivity index (χ1) is 23.1. The highest BCUT2D eigenvalue weighted by Gasteiger charge is 2.36. The highest BCUT2D eigenvalue weighted by atomic mass is 15.6. The molecular formula is C45H32N2. The minimum absolute atomic E-state index is 0.0977. The summed E-state index contributed by atoms with van der Waals surface area (Å²) in [4.78, 5) is 0. The summed E-state index contributed by atoms with van der Waals surface area (Å²) < 4.78 is 2.46. The molecule has 47 heavy (non-hydrogen) atoms. The number of fused-ring (bicyclic) bond motifs is 12. The Hall–Kier alpha value is -5.86. The molecule has 0 saturated heterocycles. The van der Waals surface area contributed by atoms with E-state index in [1.165, 1.54) is 76.4 Å². The Balaban J connectivity index is 1.31. The molecule has 0 saturated carbocycles. The van der Waals surface area contributed by atoms with Crippen molar-refractivity contribution in [2.75, 3.05) is 5.01 Å². The van der Waals surface area contributed by atoms with Gasteiger partial charge in [0.1, 0.15) is 0 Å². The summed E-state index contributed by atoms with van der Waals surface area (Å²) in [6, 6.07) is 58.2. The molecule has 10 rings (SSSR count). The van der Waals surface area contributed by atoms with Gasteiger partial charge in [0.25, 0.3) is 0 Å². The van der Waals surface area contributed by atoms with Crippen LogP contribution < -0.4 is 5.01 Å². The van der Waals surface area contributed by atoms with Gasteiger partial charge in [0.15, 0.2) is 0 Å². The number of aromatic nitrogens is 1. The molecule has 1 heterocycles. The number of para-hydroxylation sites is 2. The Morgan fingerprint density at radius 1 is 0.426 bits per heavy atom. The molecule has 2 nitrogen and oxygen atoms in total. The fourth-order valence-electron chi connectivity index (χ4n) is 8.32. The van der Waals surface area contributed by atoms with Crippen molar-refractivity contribution in [1.29, 1.82) is 0 Å². The monoisotopic (exact) mass is 600 g/mol. The molecule has 8 aromatic carbocycles. The van der Waals surface area contributed by atoms with E-state index in [0.717, 1.165) is 11.4 Å². The van der Waals surface area contributed by atoms with Crippen LogP contribution in [-0.4, -0.2) is 4.68 Å². The van der Waals surface area contributed by atoms with Crippen molar-refractivity contribution < 1.29 is 0 Å². The lowest BCUT2D eigenvalue weighted by atomic mass is 9.82. The minimum atomic E-state index is -0.0977. The standard InChI is InChI=1S/C45H32N2/c1-45(2)41-18-10-8-16-36(41)37-23-21-31(28-42(37)45)46(30-13-4-3-5-14-30)47-43-19-11-9-17-38(43)40-27-25-35-34-22-20-29-12-6-7-15-32(29)33(34)24-26-39(35)44(40)47/h3-28H,1-2H3. The highest BCUT2D eigenvalue weighted by molar-refractivity contribution is 6.25. The molecule has 0 aliphatic heterocycles. The molecule has 0 fully saturated rings. The number of nitrogens with zero attached hydrogens (tertiary/aromatic N) is 2. The maximum atomic E-state index is 2.46.